The molecule has 3 heterocycles. The minimum absolute atomic E-state index is 0.00261. The molecule has 1 N–H and O–H groups in total. The first-order valence-electron chi connectivity index (χ1n) is 11.9. The number of ether oxygens (including phenoxy) is 1. The second-order valence-corrected chi connectivity index (χ2v) is 10.3. The number of amides is 2. The summed E-state index contributed by atoms with van der Waals surface area (Å²) in [5, 5.41) is 6.24. The van der Waals surface area contributed by atoms with Crippen LogP contribution < -0.4 is 10.2 Å². The van der Waals surface area contributed by atoms with Crippen molar-refractivity contribution in [1.29, 1.82) is 0 Å². The molecule has 1 aromatic heterocycles. The van der Waals surface area contributed by atoms with Gasteiger partial charge in [0.15, 0.2) is 0 Å². The zero-order valence-corrected chi connectivity index (χ0v) is 20.8. The highest BCUT2D eigenvalue weighted by molar-refractivity contribution is 7.09. The van der Waals surface area contributed by atoms with Crippen LogP contribution in [0.3, 0.4) is 0 Å². The Balaban J connectivity index is 1.61. The summed E-state index contributed by atoms with van der Waals surface area (Å²) in [6, 6.07) is 5.81. The fourth-order valence-corrected chi connectivity index (χ4v) is 5.70. The van der Waals surface area contributed by atoms with Gasteiger partial charge in [-0.25, -0.2) is 9.78 Å². The van der Waals surface area contributed by atoms with E-state index in [1.807, 2.05) is 37.8 Å². The molecule has 2 amide bonds. The van der Waals surface area contributed by atoms with Crippen molar-refractivity contribution in [2.75, 3.05) is 18.0 Å². The van der Waals surface area contributed by atoms with Gasteiger partial charge < -0.3 is 15.0 Å². The standard InChI is InChI=1S/C25H34N4O3S/c1-16(2)32-25(31)27-21-12-17(3)29(18(4)30)23-9-8-19(13-20(21)23)22-15-33-24(26-22)14-28-10-6-5-7-11-28/h8-9,13,15-17,21H,5-7,10-12,14H2,1-4H3,(H,27,31)/t17-,21+/m1/s1. The molecule has 4 rings (SSSR count). The highest BCUT2D eigenvalue weighted by Gasteiger charge is 2.34. The van der Waals surface area contributed by atoms with Gasteiger partial charge in [0, 0.05) is 29.6 Å². The van der Waals surface area contributed by atoms with Gasteiger partial charge in [-0.15, -0.1) is 11.3 Å². The Hall–Kier alpha value is -2.45. The number of likely N-dealkylation sites (tertiary alicyclic amines) is 1. The van der Waals surface area contributed by atoms with Gasteiger partial charge in [-0.2, -0.15) is 0 Å². The van der Waals surface area contributed by atoms with Gasteiger partial charge in [-0.3, -0.25) is 9.69 Å². The van der Waals surface area contributed by atoms with E-state index < -0.39 is 6.09 Å². The lowest BCUT2D eigenvalue weighted by Crippen LogP contribution is -2.45. The summed E-state index contributed by atoms with van der Waals surface area (Å²) in [6.07, 6.45) is 3.85. The number of carbonyl (C=O) groups is 2. The van der Waals surface area contributed by atoms with E-state index in [4.69, 9.17) is 9.72 Å². The van der Waals surface area contributed by atoms with Crippen molar-refractivity contribution in [1.82, 2.24) is 15.2 Å². The number of carbonyl (C=O) groups excluding carboxylic acids is 2. The topological polar surface area (TPSA) is 74.8 Å². The van der Waals surface area contributed by atoms with E-state index >= 15 is 0 Å². The molecule has 1 saturated heterocycles. The largest absolute Gasteiger partial charge is 0.447 e. The zero-order chi connectivity index (χ0) is 23.5. The van der Waals surface area contributed by atoms with Crippen LogP contribution >= 0.6 is 11.3 Å². The lowest BCUT2D eigenvalue weighted by atomic mass is 9.90. The van der Waals surface area contributed by atoms with Crippen LogP contribution in [0.4, 0.5) is 10.5 Å². The highest BCUT2D eigenvalue weighted by Crippen LogP contribution is 2.40. The van der Waals surface area contributed by atoms with Crippen molar-refractivity contribution in [2.24, 2.45) is 0 Å². The first kappa shape index (κ1) is 23.7. The summed E-state index contributed by atoms with van der Waals surface area (Å²) in [4.78, 5) is 34.0. The third kappa shape index (κ3) is 5.55. The van der Waals surface area contributed by atoms with Crippen molar-refractivity contribution in [3.05, 3.63) is 34.2 Å². The zero-order valence-electron chi connectivity index (χ0n) is 20.0. The second-order valence-electron chi connectivity index (χ2n) is 9.36. The van der Waals surface area contributed by atoms with Gasteiger partial charge in [0.05, 0.1) is 24.4 Å². The lowest BCUT2D eigenvalue weighted by Gasteiger charge is -2.39. The Bertz CT molecular complexity index is 999. The summed E-state index contributed by atoms with van der Waals surface area (Å²) in [5.41, 5.74) is 3.69. The van der Waals surface area contributed by atoms with Crippen LogP contribution in [-0.4, -0.2) is 47.1 Å². The van der Waals surface area contributed by atoms with Crippen LogP contribution in [0.25, 0.3) is 11.3 Å². The maximum atomic E-state index is 12.4. The quantitative estimate of drug-likeness (QED) is 0.657. The molecule has 0 spiro atoms. The number of aromatic nitrogens is 1. The van der Waals surface area contributed by atoms with Crippen LogP contribution in [0.2, 0.25) is 0 Å². The van der Waals surface area contributed by atoms with Gasteiger partial charge in [0.25, 0.3) is 0 Å². The van der Waals surface area contributed by atoms with E-state index in [1.54, 1.807) is 18.3 Å². The first-order valence-corrected chi connectivity index (χ1v) is 12.8. The van der Waals surface area contributed by atoms with E-state index in [9.17, 15) is 9.59 Å². The number of benzene rings is 1. The van der Waals surface area contributed by atoms with E-state index in [1.165, 1.54) is 19.3 Å². The van der Waals surface area contributed by atoms with Gasteiger partial charge in [0.2, 0.25) is 5.91 Å². The van der Waals surface area contributed by atoms with Crippen LogP contribution in [0, 0.1) is 0 Å². The van der Waals surface area contributed by atoms with Gasteiger partial charge in [-0.05, 0) is 70.8 Å². The molecule has 0 aliphatic carbocycles. The molecule has 1 fully saturated rings. The SMILES string of the molecule is CC(=O)N1c2ccc(-c3csc(CN4CCCCC4)n3)cc2[C@@H](NC(=O)OC(C)C)C[C@H]1C. The molecule has 2 aliphatic heterocycles. The summed E-state index contributed by atoms with van der Waals surface area (Å²) in [5.74, 6) is -0.00261. The molecule has 0 bridgehead atoms. The number of nitrogens with one attached hydrogen (secondary N) is 1. The Morgan fingerprint density at radius 1 is 1.24 bits per heavy atom. The maximum Gasteiger partial charge on any atom is 0.407 e. The van der Waals surface area contributed by atoms with Gasteiger partial charge >= 0.3 is 6.09 Å². The molecule has 1 aromatic carbocycles. The summed E-state index contributed by atoms with van der Waals surface area (Å²) < 4.78 is 5.32. The van der Waals surface area contributed by atoms with Crippen LogP contribution in [0.1, 0.15) is 70.0 Å². The molecule has 8 heteroatoms. The third-order valence-corrected chi connectivity index (χ3v) is 7.14. The van der Waals surface area contributed by atoms with Gasteiger partial charge in [0.1, 0.15) is 5.01 Å². The second kappa shape index (κ2) is 10.2. The summed E-state index contributed by atoms with van der Waals surface area (Å²) >= 11 is 1.69. The van der Waals surface area contributed by atoms with Crippen LogP contribution in [0.5, 0.6) is 0 Å². The van der Waals surface area contributed by atoms with Crippen molar-refractivity contribution in [3.8, 4) is 11.3 Å². The number of anilines is 1. The number of piperidine rings is 1. The van der Waals surface area contributed by atoms with Crippen LogP contribution in [-0.2, 0) is 16.1 Å². The molecule has 0 unspecified atom stereocenters. The molecule has 0 radical (unpaired) electrons. The predicted molar refractivity (Wildman–Crippen MR) is 131 cm³/mol. The van der Waals surface area contributed by atoms with E-state index in [0.717, 1.165) is 47.2 Å². The molecule has 2 aliphatic rings. The third-order valence-electron chi connectivity index (χ3n) is 6.31. The Kier molecular flexibility index (Phi) is 7.34. The molecule has 33 heavy (non-hydrogen) atoms. The van der Waals surface area contributed by atoms with Crippen molar-refractivity contribution >= 4 is 29.0 Å². The minimum atomic E-state index is -0.438. The Morgan fingerprint density at radius 2 is 2.00 bits per heavy atom. The fourth-order valence-electron chi connectivity index (χ4n) is 4.86. The highest BCUT2D eigenvalue weighted by atomic mass is 32.1. The van der Waals surface area contributed by atoms with Crippen molar-refractivity contribution < 1.29 is 14.3 Å². The van der Waals surface area contributed by atoms with Crippen LogP contribution in [0.15, 0.2) is 23.6 Å². The lowest BCUT2D eigenvalue weighted by molar-refractivity contribution is -0.117. The molecule has 178 valence electrons. The molecule has 7 nitrogen and oxygen atoms in total. The minimum Gasteiger partial charge on any atom is -0.447 e. The first-order chi connectivity index (χ1) is 15.8. The normalized spacial score (nSPS) is 21.1. The number of nitrogens with zero attached hydrogens (tertiary/aromatic N) is 3. The smallest absolute Gasteiger partial charge is 0.407 e. The molecule has 0 saturated carbocycles. The molecular formula is C25H34N4O3S. The average molecular weight is 471 g/mol. The number of fused-ring (bicyclic) bond motifs is 1. The summed E-state index contributed by atoms with van der Waals surface area (Å²) in [6.45, 7) is 10.4. The molecular weight excluding hydrogens is 436 g/mol. The maximum absolute atomic E-state index is 12.4. The number of thiazole rings is 1. The average Bonchev–Trinajstić information content (AvgIpc) is 3.22. The number of hydrogen-bond acceptors (Lipinski definition) is 6. The monoisotopic (exact) mass is 470 g/mol. The number of rotatable bonds is 5. The van der Waals surface area contributed by atoms with E-state index in [2.05, 4.69) is 21.7 Å². The number of alkyl carbamates (subject to hydrolysis) is 1. The van der Waals surface area contributed by atoms with E-state index in [0.29, 0.717) is 6.42 Å². The fraction of sp³-hybridized carbons (Fsp3) is 0.560. The molecule has 2 atom stereocenters. The predicted octanol–water partition coefficient (Wildman–Crippen LogP) is 5.12. The summed E-state index contributed by atoms with van der Waals surface area (Å²) in [7, 11) is 0. The number of hydrogen-bond donors (Lipinski definition) is 1. The van der Waals surface area contributed by atoms with Crippen molar-refractivity contribution in [3.63, 3.8) is 0 Å². The van der Waals surface area contributed by atoms with Gasteiger partial charge in [-0.1, -0.05) is 12.5 Å². The Labute approximate surface area is 200 Å². The molecule has 2 aromatic rings. The van der Waals surface area contributed by atoms with E-state index in [-0.39, 0.29) is 24.1 Å². The Morgan fingerprint density at radius 3 is 2.70 bits per heavy atom. The van der Waals surface area contributed by atoms with Crippen molar-refractivity contribution in [2.45, 2.75) is 78.1 Å².